The summed E-state index contributed by atoms with van der Waals surface area (Å²) in [7, 11) is 0. The van der Waals surface area contributed by atoms with Gasteiger partial charge in [-0.1, -0.05) is 12.1 Å². The summed E-state index contributed by atoms with van der Waals surface area (Å²) >= 11 is 3.11. The molecule has 1 heterocycles. The smallest absolute Gasteiger partial charge is 0.268 e. The minimum atomic E-state index is -0.271. The molecule has 2 aromatic rings. The molecule has 3 N–H and O–H groups in total. The lowest BCUT2D eigenvalue weighted by atomic mass is 10.2. The molecule has 5 nitrogen and oxygen atoms in total. The van der Waals surface area contributed by atoms with E-state index in [1.807, 2.05) is 12.1 Å². The van der Waals surface area contributed by atoms with Gasteiger partial charge < -0.3 is 15.5 Å². The van der Waals surface area contributed by atoms with Gasteiger partial charge in [0.25, 0.3) is 5.56 Å². The third-order valence-corrected chi connectivity index (χ3v) is 2.82. The quantitative estimate of drug-likeness (QED) is 0.845. The number of hydrogen-bond acceptors (Lipinski definition) is 4. The fraction of sp³-hybridized carbons (Fsp3) is 0.0909. The Balaban J connectivity index is 2.10. The normalized spacial score (nSPS) is 10.2. The molecule has 0 saturated heterocycles. The predicted molar refractivity (Wildman–Crippen MR) is 67.7 cm³/mol. The average Bonchev–Trinajstić information content (AvgIpc) is 2.33. The first-order valence-corrected chi connectivity index (χ1v) is 5.66. The molecule has 0 amide bonds. The number of aromatic amines is 1. The highest BCUT2D eigenvalue weighted by Gasteiger charge is 2.06. The Labute approximate surface area is 106 Å². The number of ether oxygens (including phenoxy) is 1. The minimum absolute atomic E-state index is 0.269. The zero-order valence-electron chi connectivity index (χ0n) is 8.81. The number of halogens is 1. The van der Waals surface area contributed by atoms with E-state index in [9.17, 15) is 4.79 Å². The Morgan fingerprint density at radius 3 is 2.76 bits per heavy atom. The Hall–Kier alpha value is -1.82. The van der Waals surface area contributed by atoms with Crippen LogP contribution in [0.3, 0.4) is 0 Å². The SMILES string of the molecule is Nc1ccc(COc2nc[nH]c(=O)c2Br)cc1. The van der Waals surface area contributed by atoms with E-state index in [2.05, 4.69) is 25.9 Å². The Kier molecular flexibility index (Phi) is 3.43. The monoisotopic (exact) mass is 295 g/mol. The fourth-order valence-electron chi connectivity index (χ4n) is 1.23. The second kappa shape index (κ2) is 5.01. The zero-order chi connectivity index (χ0) is 12.3. The van der Waals surface area contributed by atoms with Crippen LogP contribution in [-0.4, -0.2) is 9.97 Å². The maximum Gasteiger partial charge on any atom is 0.268 e. The lowest BCUT2D eigenvalue weighted by Gasteiger charge is -2.06. The van der Waals surface area contributed by atoms with Crippen molar-refractivity contribution >= 4 is 21.6 Å². The van der Waals surface area contributed by atoms with E-state index >= 15 is 0 Å². The maximum absolute atomic E-state index is 11.3. The molecular weight excluding hydrogens is 286 g/mol. The van der Waals surface area contributed by atoms with Gasteiger partial charge in [0, 0.05) is 5.69 Å². The summed E-state index contributed by atoms with van der Waals surface area (Å²) in [6, 6.07) is 7.30. The first kappa shape index (κ1) is 11.7. The van der Waals surface area contributed by atoms with E-state index in [1.165, 1.54) is 6.33 Å². The standard InChI is InChI=1S/C11H10BrN3O2/c12-9-10(16)14-6-15-11(9)17-5-7-1-3-8(13)4-2-7/h1-4,6H,5,13H2,(H,14,15,16). The van der Waals surface area contributed by atoms with Crippen molar-refractivity contribution in [2.45, 2.75) is 6.61 Å². The van der Waals surface area contributed by atoms with Crippen molar-refractivity contribution in [3.8, 4) is 5.88 Å². The van der Waals surface area contributed by atoms with E-state index < -0.39 is 0 Å². The molecule has 0 aliphatic carbocycles. The van der Waals surface area contributed by atoms with Gasteiger partial charge in [0.1, 0.15) is 11.1 Å². The molecule has 0 spiro atoms. The Morgan fingerprint density at radius 1 is 1.35 bits per heavy atom. The summed E-state index contributed by atoms with van der Waals surface area (Å²) in [5, 5.41) is 0. The molecule has 1 aromatic carbocycles. The molecule has 88 valence electrons. The summed E-state index contributed by atoms with van der Waals surface area (Å²) < 4.78 is 5.71. The fourth-order valence-corrected chi connectivity index (χ4v) is 1.56. The number of nitrogen functional groups attached to an aromatic ring is 1. The molecule has 1 aromatic heterocycles. The maximum atomic E-state index is 11.3. The minimum Gasteiger partial charge on any atom is -0.472 e. The van der Waals surface area contributed by atoms with Crippen LogP contribution < -0.4 is 16.0 Å². The summed E-state index contributed by atoms with van der Waals surface area (Å²) in [6.45, 7) is 0.329. The average molecular weight is 296 g/mol. The van der Waals surface area contributed by atoms with Crippen LogP contribution in [-0.2, 0) is 6.61 Å². The first-order chi connectivity index (χ1) is 8.16. The summed E-state index contributed by atoms with van der Waals surface area (Å²) in [5.74, 6) is 0.269. The van der Waals surface area contributed by atoms with Gasteiger partial charge in [-0.3, -0.25) is 4.79 Å². The van der Waals surface area contributed by atoms with E-state index in [-0.39, 0.29) is 15.9 Å². The van der Waals surface area contributed by atoms with Gasteiger partial charge in [0.05, 0.1) is 6.33 Å². The molecule has 0 aliphatic rings. The van der Waals surface area contributed by atoms with Gasteiger partial charge in [0.2, 0.25) is 5.88 Å². The molecule has 6 heteroatoms. The van der Waals surface area contributed by atoms with Crippen LogP contribution >= 0.6 is 15.9 Å². The molecule has 17 heavy (non-hydrogen) atoms. The van der Waals surface area contributed by atoms with Crippen LogP contribution in [0.15, 0.2) is 39.9 Å². The largest absolute Gasteiger partial charge is 0.472 e. The van der Waals surface area contributed by atoms with Crippen LogP contribution in [0.1, 0.15) is 5.56 Å². The number of anilines is 1. The van der Waals surface area contributed by atoms with Crippen molar-refractivity contribution in [2.75, 3.05) is 5.73 Å². The lowest BCUT2D eigenvalue weighted by molar-refractivity contribution is 0.290. The van der Waals surface area contributed by atoms with Gasteiger partial charge in [-0.05, 0) is 33.6 Å². The molecule has 0 saturated carbocycles. The molecule has 2 rings (SSSR count). The Morgan fingerprint density at radius 2 is 2.06 bits per heavy atom. The number of H-pyrrole nitrogens is 1. The van der Waals surface area contributed by atoms with Crippen molar-refractivity contribution in [1.29, 1.82) is 0 Å². The number of aromatic nitrogens is 2. The second-order valence-electron chi connectivity index (χ2n) is 3.38. The lowest BCUT2D eigenvalue weighted by Crippen LogP contribution is -2.09. The van der Waals surface area contributed by atoms with Gasteiger partial charge in [-0.15, -0.1) is 0 Å². The van der Waals surface area contributed by atoms with Crippen LogP contribution in [0.4, 0.5) is 5.69 Å². The number of rotatable bonds is 3. The van der Waals surface area contributed by atoms with E-state index in [0.29, 0.717) is 12.3 Å². The zero-order valence-corrected chi connectivity index (χ0v) is 10.4. The van der Waals surface area contributed by atoms with Crippen molar-refractivity contribution in [3.63, 3.8) is 0 Å². The van der Waals surface area contributed by atoms with Crippen LogP contribution in [0.2, 0.25) is 0 Å². The molecular formula is C11H10BrN3O2. The third-order valence-electron chi connectivity index (χ3n) is 2.12. The molecule has 0 radical (unpaired) electrons. The molecule has 0 aliphatic heterocycles. The molecule has 0 fully saturated rings. The number of benzene rings is 1. The van der Waals surface area contributed by atoms with Gasteiger partial charge in [-0.2, -0.15) is 0 Å². The second-order valence-corrected chi connectivity index (χ2v) is 4.17. The van der Waals surface area contributed by atoms with Crippen molar-refractivity contribution in [2.24, 2.45) is 0 Å². The van der Waals surface area contributed by atoms with E-state index in [1.54, 1.807) is 12.1 Å². The first-order valence-electron chi connectivity index (χ1n) is 4.87. The summed E-state index contributed by atoms with van der Waals surface area (Å²) in [5.41, 5.74) is 6.95. The number of hydrogen-bond donors (Lipinski definition) is 2. The van der Waals surface area contributed by atoms with E-state index in [4.69, 9.17) is 10.5 Å². The van der Waals surface area contributed by atoms with Crippen molar-refractivity contribution in [3.05, 3.63) is 51.0 Å². The van der Waals surface area contributed by atoms with Gasteiger partial charge in [-0.25, -0.2) is 4.98 Å². The molecule has 0 unspecified atom stereocenters. The van der Waals surface area contributed by atoms with Crippen molar-refractivity contribution < 1.29 is 4.74 Å². The van der Waals surface area contributed by atoms with Crippen LogP contribution in [0.25, 0.3) is 0 Å². The summed E-state index contributed by atoms with van der Waals surface area (Å²) in [6.07, 6.45) is 1.30. The van der Waals surface area contributed by atoms with Crippen LogP contribution in [0.5, 0.6) is 5.88 Å². The molecule has 0 atom stereocenters. The topological polar surface area (TPSA) is 81.0 Å². The highest BCUT2D eigenvalue weighted by atomic mass is 79.9. The number of nitrogens with one attached hydrogen (secondary N) is 1. The number of nitrogens with zero attached hydrogens (tertiary/aromatic N) is 1. The molecule has 0 bridgehead atoms. The van der Waals surface area contributed by atoms with Gasteiger partial charge >= 0.3 is 0 Å². The Bertz CT molecular complexity index is 566. The van der Waals surface area contributed by atoms with Gasteiger partial charge in [0.15, 0.2) is 0 Å². The predicted octanol–water partition coefficient (Wildman–Crippen LogP) is 1.69. The third kappa shape index (κ3) is 2.85. The number of nitrogens with two attached hydrogens (primary N) is 1. The van der Waals surface area contributed by atoms with E-state index in [0.717, 1.165) is 5.56 Å². The van der Waals surface area contributed by atoms with Crippen molar-refractivity contribution in [1.82, 2.24) is 9.97 Å². The highest BCUT2D eigenvalue weighted by molar-refractivity contribution is 9.10. The van der Waals surface area contributed by atoms with Crippen LogP contribution in [0, 0.1) is 0 Å². The highest BCUT2D eigenvalue weighted by Crippen LogP contribution is 2.17. The summed E-state index contributed by atoms with van der Waals surface area (Å²) in [4.78, 5) is 17.6.